The van der Waals surface area contributed by atoms with E-state index < -0.39 is 10.0 Å². The van der Waals surface area contributed by atoms with Crippen LogP contribution in [0.3, 0.4) is 0 Å². The number of amides is 1. The van der Waals surface area contributed by atoms with Gasteiger partial charge in [0.25, 0.3) is 5.91 Å². The molecule has 0 bridgehead atoms. The fourth-order valence-corrected chi connectivity index (χ4v) is 4.50. The molecule has 0 unspecified atom stereocenters. The summed E-state index contributed by atoms with van der Waals surface area (Å²) in [5.41, 5.74) is 2.94. The van der Waals surface area contributed by atoms with Crippen LogP contribution in [-0.4, -0.2) is 60.0 Å². The molecule has 23 heavy (non-hydrogen) atoms. The Morgan fingerprint density at radius 1 is 1.17 bits per heavy atom. The molecule has 0 N–H and O–H groups in total. The van der Waals surface area contributed by atoms with Crippen molar-refractivity contribution in [3.8, 4) is 0 Å². The van der Waals surface area contributed by atoms with Crippen LogP contribution in [0.1, 0.15) is 47.6 Å². The van der Waals surface area contributed by atoms with Gasteiger partial charge in [-0.2, -0.15) is 4.31 Å². The molecule has 2 fully saturated rings. The molecular weight excluding hydrogens is 314 g/mol. The van der Waals surface area contributed by atoms with E-state index >= 15 is 0 Å². The number of aromatic nitrogens is 1. The van der Waals surface area contributed by atoms with Gasteiger partial charge in [-0.05, 0) is 39.7 Å². The molecule has 1 aliphatic heterocycles. The highest BCUT2D eigenvalue weighted by Gasteiger charge is 2.32. The van der Waals surface area contributed by atoms with Gasteiger partial charge in [0.1, 0.15) is 0 Å². The second-order valence-corrected chi connectivity index (χ2v) is 8.74. The Morgan fingerprint density at radius 2 is 1.78 bits per heavy atom. The number of carbonyl (C=O) groups is 1. The van der Waals surface area contributed by atoms with Gasteiger partial charge < -0.3 is 9.47 Å². The van der Waals surface area contributed by atoms with Crippen molar-refractivity contribution in [2.24, 2.45) is 0 Å². The van der Waals surface area contributed by atoms with Gasteiger partial charge in [-0.3, -0.25) is 4.79 Å². The predicted molar refractivity (Wildman–Crippen MR) is 89.1 cm³/mol. The molecule has 0 aromatic carbocycles. The van der Waals surface area contributed by atoms with Crippen molar-refractivity contribution in [3.63, 3.8) is 0 Å². The molecule has 6 nitrogen and oxygen atoms in total. The van der Waals surface area contributed by atoms with Crippen molar-refractivity contribution in [3.05, 3.63) is 23.0 Å². The van der Waals surface area contributed by atoms with Gasteiger partial charge in [0, 0.05) is 43.6 Å². The predicted octanol–water partition coefficient (Wildman–Crippen LogP) is 1.55. The fourth-order valence-electron chi connectivity index (χ4n) is 3.41. The molecule has 1 saturated carbocycles. The average Bonchev–Trinajstić information content (AvgIpc) is 3.32. The molecule has 1 saturated heterocycles. The van der Waals surface area contributed by atoms with Gasteiger partial charge in [-0.1, -0.05) is 0 Å². The van der Waals surface area contributed by atoms with Crippen LogP contribution in [0.15, 0.2) is 6.07 Å². The lowest BCUT2D eigenvalue weighted by Gasteiger charge is -2.33. The number of carbonyl (C=O) groups excluding carboxylic acids is 1. The fraction of sp³-hybridized carbons (Fsp3) is 0.688. The lowest BCUT2D eigenvalue weighted by atomic mass is 10.2. The zero-order valence-corrected chi connectivity index (χ0v) is 14.9. The van der Waals surface area contributed by atoms with E-state index in [-0.39, 0.29) is 11.7 Å². The first-order chi connectivity index (χ1) is 10.8. The molecule has 2 heterocycles. The Hall–Kier alpha value is -1.34. The smallest absolute Gasteiger partial charge is 0.255 e. The maximum atomic E-state index is 12.8. The number of aryl methyl sites for hydroxylation is 1. The highest BCUT2D eigenvalue weighted by Crippen LogP contribution is 2.38. The topological polar surface area (TPSA) is 62.6 Å². The van der Waals surface area contributed by atoms with Crippen LogP contribution in [0.2, 0.25) is 0 Å². The van der Waals surface area contributed by atoms with Gasteiger partial charge in [-0.25, -0.2) is 8.42 Å². The molecule has 2 aliphatic rings. The van der Waals surface area contributed by atoms with Crippen LogP contribution in [-0.2, 0) is 10.0 Å². The van der Waals surface area contributed by atoms with Crippen LogP contribution in [0.5, 0.6) is 0 Å². The van der Waals surface area contributed by atoms with E-state index in [0.29, 0.717) is 32.2 Å². The summed E-state index contributed by atoms with van der Waals surface area (Å²) in [7, 11) is -3.16. The third-order valence-electron chi connectivity index (χ3n) is 4.91. The van der Waals surface area contributed by atoms with Gasteiger partial charge in [0.15, 0.2) is 0 Å². The normalized spacial score (nSPS) is 20.0. The SMILES string of the molecule is CCS(=O)(=O)N1CCN(C(=O)c2cc(C)n(C3CC3)c2C)CC1. The van der Waals surface area contributed by atoms with Crippen LogP contribution < -0.4 is 0 Å². The van der Waals surface area contributed by atoms with Crippen molar-refractivity contribution in [1.29, 1.82) is 0 Å². The number of hydrogen-bond acceptors (Lipinski definition) is 3. The summed E-state index contributed by atoms with van der Waals surface area (Å²) in [6.45, 7) is 7.42. The highest BCUT2D eigenvalue weighted by atomic mass is 32.2. The van der Waals surface area contributed by atoms with Crippen molar-refractivity contribution in [2.75, 3.05) is 31.9 Å². The summed E-state index contributed by atoms with van der Waals surface area (Å²) in [5, 5.41) is 0. The van der Waals surface area contributed by atoms with Crippen LogP contribution in [0.4, 0.5) is 0 Å². The van der Waals surface area contributed by atoms with Crippen molar-refractivity contribution in [1.82, 2.24) is 13.8 Å². The third-order valence-corrected chi connectivity index (χ3v) is 6.79. The van der Waals surface area contributed by atoms with Crippen molar-refractivity contribution in [2.45, 2.75) is 39.7 Å². The maximum absolute atomic E-state index is 12.8. The Balaban J connectivity index is 1.72. The second kappa shape index (κ2) is 5.94. The quantitative estimate of drug-likeness (QED) is 0.836. The summed E-state index contributed by atoms with van der Waals surface area (Å²) in [5.74, 6) is 0.141. The number of piperazine rings is 1. The van der Waals surface area contributed by atoms with E-state index in [1.165, 1.54) is 17.1 Å². The molecule has 128 valence electrons. The van der Waals surface area contributed by atoms with E-state index in [9.17, 15) is 13.2 Å². The molecule has 0 spiro atoms. The van der Waals surface area contributed by atoms with E-state index in [1.54, 1.807) is 11.8 Å². The molecule has 7 heteroatoms. The summed E-state index contributed by atoms with van der Waals surface area (Å²) >= 11 is 0. The summed E-state index contributed by atoms with van der Waals surface area (Å²) in [6.07, 6.45) is 2.38. The van der Waals surface area contributed by atoms with Crippen LogP contribution in [0.25, 0.3) is 0 Å². The molecule has 1 aromatic rings. The number of sulfonamides is 1. The summed E-state index contributed by atoms with van der Waals surface area (Å²) < 4.78 is 27.6. The number of rotatable bonds is 4. The van der Waals surface area contributed by atoms with Gasteiger partial charge in [0.2, 0.25) is 10.0 Å². The number of hydrogen-bond donors (Lipinski definition) is 0. The summed E-state index contributed by atoms with van der Waals surface area (Å²) in [4.78, 5) is 14.6. The minimum absolute atomic E-state index is 0.0264. The van der Waals surface area contributed by atoms with E-state index in [0.717, 1.165) is 17.0 Å². The van der Waals surface area contributed by atoms with E-state index in [2.05, 4.69) is 4.57 Å². The molecule has 1 amide bonds. The Kier molecular flexibility index (Phi) is 4.27. The standard InChI is InChI=1S/C16H25N3O3S/c1-4-23(21,22)18-9-7-17(8-10-18)16(20)15-11-12(2)19(13(15)3)14-5-6-14/h11,14H,4-10H2,1-3H3. The Morgan fingerprint density at radius 3 is 2.30 bits per heavy atom. The zero-order valence-electron chi connectivity index (χ0n) is 14.1. The molecule has 0 radical (unpaired) electrons. The lowest BCUT2D eigenvalue weighted by Crippen LogP contribution is -2.50. The average molecular weight is 339 g/mol. The molecule has 1 aromatic heterocycles. The van der Waals surface area contributed by atoms with Crippen LogP contribution in [0, 0.1) is 13.8 Å². The van der Waals surface area contributed by atoms with Gasteiger partial charge in [-0.15, -0.1) is 0 Å². The molecule has 1 aliphatic carbocycles. The van der Waals surface area contributed by atoms with Gasteiger partial charge in [0.05, 0.1) is 11.3 Å². The highest BCUT2D eigenvalue weighted by molar-refractivity contribution is 7.89. The zero-order chi connectivity index (χ0) is 16.8. The second-order valence-electron chi connectivity index (χ2n) is 6.48. The van der Waals surface area contributed by atoms with E-state index in [4.69, 9.17) is 0 Å². The first-order valence-corrected chi connectivity index (χ1v) is 9.91. The number of nitrogens with zero attached hydrogens (tertiary/aromatic N) is 3. The minimum Gasteiger partial charge on any atom is -0.345 e. The van der Waals surface area contributed by atoms with Crippen molar-refractivity contribution < 1.29 is 13.2 Å². The summed E-state index contributed by atoms with van der Waals surface area (Å²) in [6, 6.07) is 2.54. The monoisotopic (exact) mass is 339 g/mol. The minimum atomic E-state index is -3.16. The molecular formula is C16H25N3O3S. The van der Waals surface area contributed by atoms with Crippen molar-refractivity contribution >= 4 is 15.9 Å². The van der Waals surface area contributed by atoms with E-state index in [1.807, 2.05) is 19.9 Å². The molecule has 3 rings (SSSR count). The first kappa shape index (κ1) is 16.5. The first-order valence-electron chi connectivity index (χ1n) is 8.30. The Labute approximate surface area is 138 Å². The lowest BCUT2D eigenvalue weighted by molar-refractivity contribution is 0.0697. The third kappa shape index (κ3) is 3.04. The van der Waals surface area contributed by atoms with Gasteiger partial charge >= 0.3 is 0 Å². The maximum Gasteiger partial charge on any atom is 0.255 e. The largest absolute Gasteiger partial charge is 0.345 e. The van der Waals surface area contributed by atoms with Crippen LogP contribution >= 0.6 is 0 Å². The Bertz CT molecular complexity index is 711. The molecule has 0 atom stereocenters.